The van der Waals surface area contributed by atoms with E-state index >= 15 is 0 Å². The number of anilines is 1. The van der Waals surface area contributed by atoms with Gasteiger partial charge in [0, 0.05) is 22.9 Å². The molecule has 0 aromatic heterocycles. The molecule has 15 nitrogen and oxygen atoms in total. The smallest absolute Gasteiger partial charge is 0.295 e. The number of nitro groups is 1. The quantitative estimate of drug-likeness (QED) is 0.0515. The zero-order valence-electron chi connectivity index (χ0n) is 20.8. The van der Waals surface area contributed by atoms with Gasteiger partial charge in [-0.25, -0.2) is 0 Å². The predicted octanol–water partition coefficient (Wildman–Crippen LogP) is 4.66. The topological polar surface area (TPSA) is 257 Å². The molecule has 0 radical (unpaired) electrons. The van der Waals surface area contributed by atoms with Crippen molar-refractivity contribution in [1.82, 2.24) is 0 Å². The summed E-state index contributed by atoms with van der Waals surface area (Å²) in [6.07, 6.45) is 2.12. The maximum Gasteiger partial charge on any atom is 0.295 e. The third-order valence-electron chi connectivity index (χ3n) is 5.78. The fraction of sp³-hybridized carbons (Fsp3) is 0. The van der Waals surface area contributed by atoms with E-state index in [0.29, 0.717) is 6.07 Å². The van der Waals surface area contributed by atoms with E-state index in [-0.39, 0.29) is 39.0 Å². The van der Waals surface area contributed by atoms with Crippen LogP contribution in [0.15, 0.2) is 91.6 Å². The lowest BCUT2D eigenvalue weighted by Gasteiger charge is -2.09. The molecule has 0 fully saturated rings. The first kappa shape index (κ1) is 30.4. The number of nitrogens with two attached hydrogens (primary N) is 1. The van der Waals surface area contributed by atoms with Gasteiger partial charge in [-0.1, -0.05) is 42.5 Å². The molecule has 4 aromatic carbocycles. The highest BCUT2D eigenvalue weighted by Gasteiger charge is 2.21. The second-order valence-electron chi connectivity index (χ2n) is 8.51. The van der Waals surface area contributed by atoms with Crippen molar-refractivity contribution in [2.45, 2.75) is 14.7 Å². The van der Waals surface area contributed by atoms with Gasteiger partial charge in [0.1, 0.15) is 20.4 Å². The first-order valence-corrected chi connectivity index (χ1v) is 15.5. The number of fused-ring (bicyclic) bond motifs is 1. The molecule has 0 aliphatic carbocycles. The number of hydrogen-bond donors (Lipinski definition) is 4. The van der Waals surface area contributed by atoms with Crippen molar-refractivity contribution in [3.63, 3.8) is 0 Å². The van der Waals surface area contributed by atoms with Gasteiger partial charge in [-0.3, -0.25) is 23.8 Å². The molecular weight excluding hydrogens is 616 g/mol. The summed E-state index contributed by atoms with van der Waals surface area (Å²) in [7, 11) is -14.5. The number of hydrogen-bond acceptors (Lipinski definition) is 11. The lowest BCUT2D eigenvalue weighted by molar-refractivity contribution is -0.385. The van der Waals surface area contributed by atoms with Gasteiger partial charge in [-0.15, -0.1) is 5.11 Å². The number of non-ortho nitro benzene ring substituents is 1. The Morgan fingerprint density at radius 3 is 1.76 bits per heavy atom. The summed E-state index contributed by atoms with van der Waals surface area (Å²) in [5.74, 6) is 0. The minimum Gasteiger partial charge on any atom is -0.396 e. The maximum atomic E-state index is 12.1. The molecule has 0 amide bonds. The third-order valence-corrected chi connectivity index (χ3v) is 8.49. The Labute approximate surface area is 238 Å². The van der Waals surface area contributed by atoms with Crippen molar-refractivity contribution in [1.29, 1.82) is 0 Å². The SMILES string of the molecule is Nc1c(N=Nc2ccc(/C=C/c3ccc([N+](=O)[O-])cc3S(=O)(=O)O)c(S(=O)(=O)O)c2)cc(S(=O)(=O)O)c2ccccc12. The van der Waals surface area contributed by atoms with Crippen LogP contribution in [0.4, 0.5) is 22.7 Å². The molecule has 0 aliphatic rings. The summed E-state index contributed by atoms with van der Waals surface area (Å²) in [5.41, 5.74) is 4.78. The second kappa shape index (κ2) is 11.0. The van der Waals surface area contributed by atoms with E-state index in [1.54, 1.807) is 6.07 Å². The molecule has 0 atom stereocenters. The van der Waals surface area contributed by atoms with Crippen molar-refractivity contribution in [2.75, 3.05) is 5.73 Å². The lowest BCUT2D eigenvalue weighted by atomic mass is 10.1. The number of nitro benzene ring substituents is 1. The highest BCUT2D eigenvalue weighted by atomic mass is 32.2. The van der Waals surface area contributed by atoms with Crippen LogP contribution in [0.1, 0.15) is 11.1 Å². The largest absolute Gasteiger partial charge is 0.396 e. The molecule has 4 rings (SSSR count). The van der Waals surface area contributed by atoms with Gasteiger partial charge < -0.3 is 5.73 Å². The van der Waals surface area contributed by atoms with Gasteiger partial charge >= 0.3 is 0 Å². The second-order valence-corrected chi connectivity index (χ2v) is 12.7. The van der Waals surface area contributed by atoms with Gasteiger partial charge in [0.2, 0.25) is 0 Å². The minimum atomic E-state index is -4.92. The highest BCUT2D eigenvalue weighted by molar-refractivity contribution is 7.86. The molecule has 42 heavy (non-hydrogen) atoms. The van der Waals surface area contributed by atoms with E-state index in [4.69, 9.17) is 5.73 Å². The summed E-state index contributed by atoms with van der Waals surface area (Å²) in [6.45, 7) is 0. The van der Waals surface area contributed by atoms with Crippen molar-refractivity contribution in [3.05, 3.63) is 88.0 Å². The fourth-order valence-corrected chi connectivity index (χ4v) is 6.01. The number of rotatable bonds is 8. The van der Waals surface area contributed by atoms with Gasteiger partial charge in [-0.05, 0) is 35.4 Å². The summed E-state index contributed by atoms with van der Waals surface area (Å²) >= 11 is 0. The van der Waals surface area contributed by atoms with Gasteiger partial charge in [0.25, 0.3) is 36.0 Å². The average Bonchev–Trinajstić information content (AvgIpc) is 2.90. The number of azo groups is 1. The van der Waals surface area contributed by atoms with Crippen molar-refractivity contribution < 1.29 is 43.8 Å². The molecule has 0 spiro atoms. The summed E-state index contributed by atoms with van der Waals surface area (Å²) in [6, 6.07) is 12.9. The van der Waals surface area contributed by atoms with E-state index in [0.717, 1.165) is 36.4 Å². The number of nitrogens with zero attached hydrogens (tertiary/aromatic N) is 3. The van der Waals surface area contributed by atoms with Crippen LogP contribution in [-0.4, -0.2) is 43.8 Å². The molecule has 5 N–H and O–H groups in total. The standard InChI is InChI=1S/C24H18N4O11S3/c25-24-19-4-2-1-3-18(19)23(42(37,38)39)13-20(24)27-26-16-9-7-14(21(11-16)40(31,32)33)5-6-15-8-10-17(28(29)30)12-22(15)41(34,35)36/h1-13H,25H2,(H,31,32,33)(H,34,35,36)(H,37,38,39)/b6-5+,27-26?. The predicted molar refractivity (Wildman–Crippen MR) is 150 cm³/mol. The average molecular weight is 635 g/mol. The highest BCUT2D eigenvalue weighted by Crippen LogP contribution is 2.37. The fourth-order valence-electron chi connectivity index (χ4n) is 3.88. The van der Waals surface area contributed by atoms with Crippen LogP contribution in [0, 0.1) is 10.1 Å². The van der Waals surface area contributed by atoms with E-state index in [1.807, 2.05) is 0 Å². The van der Waals surface area contributed by atoms with Crippen LogP contribution in [0.5, 0.6) is 0 Å². The van der Waals surface area contributed by atoms with Crippen LogP contribution in [0.2, 0.25) is 0 Å². The van der Waals surface area contributed by atoms with Crippen LogP contribution >= 0.6 is 0 Å². The molecule has 0 heterocycles. The Hall–Kier alpha value is -4.59. The molecule has 0 saturated heterocycles. The summed E-state index contributed by atoms with van der Waals surface area (Å²) in [5, 5.41) is 19.1. The van der Waals surface area contributed by atoms with E-state index < -0.39 is 55.7 Å². The van der Waals surface area contributed by atoms with Crippen LogP contribution < -0.4 is 5.73 Å². The van der Waals surface area contributed by atoms with Crippen LogP contribution in [0.3, 0.4) is 0 Å². The van der Waals surface area contributed by atoms with E-state index in [2.05, 4.69) is 10.2 Å². The maximum absolute atomic E-state index is 12.1. The zero-order chi connectivity index (χ0) is 31.0. The molecular formula is C24H18N4O11S3. The molecule has 0 saturated carbocycles. The minimum absolute atomic E-state index is 0.00837. The molecule has 18 heteroatoms. The molecule has 4 aromatic rings. The van der Waals surface area contributed by atoms with Crippen LogP contribution in [-0.2, 0) is 30.4 Å². The molecule has 0 unspecified atom stereocenters. The van der Waals surface area contributed by atoms with Gasteiger partial charge in [-0.2, -0.15) is 30.4 Å². The molecule has 218 valence electrons. The lowest BCUT2D eigenvalue weighted by Crippen LogP contribution is -2.02. The third kappa shape index (κ3) is 6.48. The van der Waals surface area contributed by atoms with Crippen molar-refractivity contribution in [3.8, 4) is 0 Å². The number of nitrogen functional groups attached to an aromatic ring is 1. The number of benzene rings is 4. The first-order valence-electron chi connectivity index (χ1n) is 11.2. The Morgan fingerprint density at radius 1 is 0.690 bits per heavy atom. The Kier molecular flexibility index (Phi) is 7.96. The summed E-state index contributed by atoms with van der Waals surface area (Å²) in [4.78, 5) is 8.12. The Balaban J connectivity index is 1.78. The van der Waals surface area contributed by atoms with Crippen LogP contribution in [0.25, 0.3) is 22.9 Å². The Morgan fingerprint density at radius 2 is 1.21 bits per heavy atom. The van der Waals surface area contributed by atoms with Gasteiger partial charge in [0.15, 0.2) is 0 Å². The first-order chi connectivity index (χ1) is 19.5. The van der Waals surface area contributed by atoms with Crippen molar-refractivity contribution >= 4 is 76.0 Å². The zero-order valence-corrected chi connectivity index (χ0v) is 23.2. The summed E-state index contributed by atoms with van der Waals surface area (Å²) < 4.78 is 101. The van der Waals surface area contributed by atoms with E-state index in [9.17, 15) is 49.0 Å². The molecule has 0 aliphatic heterocycles. The Bertz CT molecular complexity index is 2160. The normalized spacial score (nSPS) is 12.8. The van der Waals surface area contributed by atoms with E-state index in [1.165, 1.54) is 30.3 Å². The molecule has 0 bridgehead atoms. The van der Waals surface area contributed by atoms with Crippen molar-refractivity contribution in [2.24, 2.45) is 10.2 Å². The monoisotopic (exact) mass is 634 g/mol. The van der Waals surface area contributed by atoms with Gasteiger partial charge in [0.05, 0.1) is 16.3 Å².